The zero-order valence-electron chi connectivity index (χ0n) is 25.2. The topological polar surface area (TPSA) is 131 Å². The lowest BCUT2D eigenvalue weighted by molar-refractivity contribution is -0.268. The fraction of sp³-hybridized carbons (Fsp3) is 0.581. The maximum atomic E-state index is 10.5. The van der Waals surface area contributed by atoms with E-state index in [4.69, 9.17) is 18.9 Å². The molecular weight excluding hydrogens is 514 g/mol. The highest BCUT2D eigenvalue weighted by atomic mass is 16.7. The van der Waals surface area contributed by atoms with Gasteiger partial charge in [-0.2, -0.15) is 0 Å². The summed E-state index contributed by atoms with van der Waals surface area (Å²) in [7, 11) is 2.93. The van der Waals surface area contributed by atoms with Gasteiger partial charge in [0.2, 0.25) is 12.0 Å². The highest BCUT2D eigenvalue weighted by Gasteiger charge is 2.43. The standard InChI is InChI=1S/C31H47NO8/c1-10-19(4)24(33)20(5)16-18(3)13-11-12-17(2)14-15-23-21(6)28(29(37-8)30(32-23)38-9)40-31-27(36)26(35)25(34)22(7)39-31/h10-11,13-14,16,20,22,24-27,31,33-36H,12,15H2,1-9H3/t20-,22-,24-,25-,26+,27+,31+/m0/s1. The second kappa shape index (κ2) is 15.3. The normalized spacial score (nSPS) is 26.1. The van der Waals surface area contributed by atoms with Gasteiger partial charge in [0.25, 0.3) is 5.88 Å². The molecule has 1 aromatic rings. The average molecular weight is 562 g/mol. The van der Waals surface area contributed by atoms with E-state index in [0.717, 1.165) is 23.1 Å². The summed E-state index contributed by atoms with van der Waals surface area (Å²) in [5.41, 5.74) is 4.54. The van der Waals surface area contributed by atoms with Crippen molar-refractivity contribution in [1.29, 1.82) is 0 Å². The molecule has 40 heavy (non-hydrogen) atoms. The van der Waals surface area contributed by atoms with E-state index in [1.54, 1.807) is 6.92 Å². The Kier molecular flexibility index (Phi) is 12.9. The molecule has 1 aromatic heterocycles. The Morgan fingerprint density at radius 1 is 1.05 bits per heavy atom. The van der Waals surface area contributed by atoms with E-state index < -0.39 is 36.8 Å². The maximum absolute atomic E-state index is 10.5. The largest absolute Gasteiger partial charge is 0.489 e. The molecule has 0 bridgehead atoms. The smallest absolute Gasteiger partial charge is 0.261 e. The first kappa shape index (κ1) is 33.5. The molecule has 1 aliphatic rings. The van der Waals surface area contributed by atoms with Crippen LogP contribution in [-0.4, -0.2) is 76.4 Å². The van der Waals surface area contributed by atoms with Crippen molar-refractivity contribution in [2.45, 2.75) is 98.1 Å². The van der Waals surface area contributed by atoms with Crippen LogP contribution in [0.5, 0.6) is 17.4 Å². The summed E-state index contributed by atoms with van der Waals surface area (Å²) in [4.78, 5) is 4.61. The number of nitrogens with zero attached hydrogens (tertiary/aromatic N) is 1. The Morgan fingerprint density at radius 2 is 1.73 bits per heavy atom. The number of methoxy groups -OCH3 is 2. The van der Waals surface area contributed by atoms with Gasteiger partial charge in [-0.15, -0.1) is 0 Å². The van der Waals surface area contributed by atoms with Gasteiger partial charge in [-0.05, 0) is 53.5 Å². The average Bonchev–Trinajstić information content (AvgIpc) is 2.93. The predicted molar refractivity (Wildman–Crippen MR) is 155 cm³/mol. The SMILES string of the molecule is CC=C(C)[C@H](O)[C@@H](C)C=C(C)C=CCC(C)=CCc1nc(OC)c(OC)c(O[C@H]2O[C@@H](C)[C@H](O)[C@@H](O)[C@H]2O)c1C. The van der Waals surface area contributed by atoms with Gasteiger partial charge in [0.15, 0.2) is 5.75 Å². The minimum atomic E-state index is -1.47. The molecule has 2 rings (SSSR count). The summed E-state index contributed by atoms with van der Waals surface area (Å²) < 4.78 is 22.6. The van der Waals surface area contributed by atoms with E-state index in [1.807, 2.05) is 47.6 Å². The second-order valence-electron chi connectivity index (χ2n) is 10.5. The Labute approximate surface area is 238 Å². The van der Waals surface area contributed by atoms with E-state index in [9.17, 15) is 20.4 Å². The number of allylic oxidation sites excluding steroid dienone is 6. The molecule has 0 saturated carbocycles. The molecule has 2 heterocycles. The van der Waals surface area contributed by atoms with Gasteiger partial charge in [-0.1, -0.05) is 48.5 Å². The first-order valence-electron chi connectivity index (χ1n) is 13.6. The van der Waals surface area contributed by atoms with Crippen LogP contribution in [0.25, 0.3) is 0 Å². The van der Waals surface area contributed by atoms with Crippen LogP contribution in [0.4, 0.5) is 0 Å². The van der Waals surface area contributed by atoms with Gasteiger partial charge in [-0.25, -0.2) is 4.98 Å². The number of aliphatic hydroxyl groups is 4. The molecule has 1 fully saturated rings. The quantitative estimate of drug-likeness (QED) is 0.221. The molecule has 0 amide bonds. The number of hydrogen-bond acceptors (Lipinski definition) is 9. The molecule has 0 unspecified atom stereocenters. The zero-order valence-corrected chi connectivity index (χ0v) is 25.2. The summed E-state index contributed by atoms with van der Waals surface area (Å²) in [6.45, 7) is 13.3. The van der Waals surface area contributed by atoms with Crippen molar-refractivity contribution < 1.29 is 39.4 Å². The molecule has 7 atom stereocenters. The summed E-state index contributed by atoms with van der Waals surface area (Å²) >= 11 is 0. The van der Waals surface area contributed by atoms with Gasteiger partial charge >= 0.3 is 0 Å². The van der Waals surface area contributed by atoms with Crippen LogP contribution in [0.2, 0.25) is 0 Å². The lowest BCUT2D eigenvalue weighted by Crippen LogP contribution is -2.58. The molecule has 9 nitrogen and oxygen atoms in total. The fourth-order valence-corrected chi connectivity index (χ4v) is 4.47. The molecule has 9 heteroatoms. The summed E-state index contributed by atoms with van der Waals surface area (Å²) in [5, 5.41) is 41.0. The van der Waals surface area contributed by atoms with Crippen molar-refractivity contribution in [2.24, 2.45) is 5.92 Å². The lowest BCUT2D eigenvalue weighted by atomic mass is 9.96. The van der Waals surface area contributed by atoms with E-state index in [-0.39, 0.29) is 23.3 Å². The monoisotopic (exact) mass is 561 g/mol. The lowest BCUT2D eigenvalue weighted by Gasteiger charge is -2.39. The number of aliphatic hydroxyl groups excluding tert-OH is 4. The number of aromatic nitrogens is 1. The highest BCUT2D eigenvalue weighted by Crippen LogP contribution is 2.41. The van der Waals surface area contributed by atoms with Crippen molar-refractivity contribution in [1.82, 2.24) is 4.98 Å². The molecule has 224 valence electrons. The zero-order chi connectivity index (χ0) is 30.1. The molecule has 1 saturated heterocycles. The van der Waals surface area contributed by atoms with Crippen LogP contribution in [0, 0.1) is 12.8 Å². The fourth-order valence-electron chi connectivity index (χ4n) is 4.47. The van der Waals surface area contributed by atoms with Crippen molar-refractivity contribution in [3.05, 3.63) is 58.4 Å². The number of ether oxygens (including phenoxy) is 4. The molecule has 0 radical (unpaired) electrons. The molecular formula is C31H47NO8. The van der Waals surface area contributed by atoms with Crippen LogP contribution in [0.1, 0.15) is 59.2 Å². The molecule has 4 N–H and O–H groups in total. The number of hydrogen-bond donors (Lipinski definition) is 4. The van der Waals surface area contributed by atoms with Crippen molar-refractivity contribution in [3.63, 3.8) is 0 Å². The van der Waals surface area contributed by atoms with E-state index in [2.05, 4.69) is 29.3 Å². The maximum Gasteiger partial charge on any atom is 0.261 e. The van der Waals surface area contributed by atoms with E-state index in [0.29, 0.717) is 17.7 Å². The van der Waals surface area contributed by atoms with Crippen LogP contribution in [0.15, 0.2) is 47.1 Å². The predicted octanol–water partition coefficient (Wildman–Crippen LogP) is 3.96. The third-order valence-electron chi connectivity index (χ3n) is 7.26. The third-order valence-corrected chi connectivity index (χ3v) is 7.26. The Morgan fingerprint density at radius 3 is 2.33 bits per heavy atom. The van der Waals surface area contributed by atoms with E-state index >= 15 is 0 Å². The highest BCUT2D eigenvalue weighted by molar-refractivity contribution is 5.54. The summed E-state index contributed by atoms with van der Waals surface area (Å²) in [6.07, 6.45) is 4.85. The van der Waals surface area contributed by atoms with Crippen LogP contribution in [-0.2, 0) is 11.2 Å². The third kappa shape index (κ3) is 8.41. The van der Waals surface area contributed by atoms with Gasteiger partial charge in [0.05, 0.1) is 32.1 Å². The molecule has 0 aromatic carbocycles. The van der Waals surface area contributed by atoms with Gasteiger partial charge < -0.3 is 39.4 Å². The van der Waals surface area contributed by atoms with Crippen LogP contribution < -0.4 is 14.2 Å². The van der Waals surface area contributed by atoms with Crippen molar-refractivity contribution in [3.8, 4) is 17.4 Å². The number of pyridine rings is 1. The molecule has 0 aliphatic carbocycles. The minimum absolute atomic E-state index is 0.0182. The van der Waals surface area contributed by atoms with Gasteiger partial charge in [-0.3, -0.25) is 0 Å². The van der Waals surface area contributed by atoms with Gasteiger partial charge in [0, 0.05) is 17.9 Å². The Balaban J connectivity index is 2.20. The van der Waals surface area contributed by atoms with Crippen molar-refractivity contribution >= 4 is 0 Å². The second-order valence-corrected chi connectivity index (χ2v) is 10.5. The summed E-state index contributed by atoms with van der Waals surface area (Å²) in [6, 6.07) is 0. The molecule has 1 aliphatic heterocycles. The Hall–Kier alpha value is -2.69. The minimum Gasteiger partial charge on any atom is -0.489 e. The summed E-state index contributed by atoms with van der Waals surface area (Å²) in [5.74, 6) is 0.751. The van der Waals surface area contributed by atoms with Crippen LogP contribution >= 0.6 is 0 Å². The number of rotatable bonds is 12. The first-order valence-corrected chi connectivity index (χ1v) is 13.6. The Bertz CT molecular complexity index is 1110. The molecule has 0 spiro atoms. The van der Waals surface area contributed by atoms with Crippen molar-refractivity contribution in [2.75, 3.05) is 14.2 Å². The van der Waals surface area contributed by atoms with E-state index in [1.165, 1.54) is 14.2 Å². The first-order chi connectivity index (χ1) is 18.9. The van der Waals surface area contributed by atoms with Gasteiger partial charge in [0.1, 0.15) is 18.3 Å². The van der Waals surface area contributed by atoms with Crippen LogP contribution in [0.3, 0.4) is 0 Å².